The molecule has 4 rings (SSSR count). The molecule has 2 nitrogen and oxygen atoms in total. The molecule has 0 fully saturated rings. The van der Waals surface area contributed by atoms with Crippen LogP contribution < -0.4 is 0 Å². The molecule has 0 saturated carbocycles. The van der Waals surface area contributed by atoms with E-state index in [9.17, 15) is 0 Å². The van der Waals surface area contributed by atoms with Crippen LogP contribution in [0.1, 0.15) is 5.69 Å². The van der Waals surface area contributed by atoms with Crippen molar-refractivity contribution in [1.29, 1.82) is 0 Å². The Hall–Kier alpha value is -2.48. The molecule has 2 aromatic carbocycles. The van der Waals surface area contributed by atoms with Crippen molar-refractivity contribution >= 4 is 32.6 Å². The number of benzene rings is 2. The third-order valence-electron chi connectivity index (χ3n) is 3.62. The molecule has 0 aliphatic carbocycles. The number of aromatic nitrogens is 2. The molecule has 2 heterocycles. The third kappa shape index (κ3) is 1.43. The van der Waals surface area contributed by atoms with E-state index in [1.807, 2.05) is 24.4 Å². The van der Waals surface area contributed by atoms with Gasteiger partial charge in [0, 0.05) is 33.4 Å². The van der Waals surface area contributed by atoms with Crippen LogP contribution >= 0.6 is 0 Å². The van der Waals surface area contributed by atoms with Crippen LogP contribution in [0.5, 0.6) is 0 Å². The Labute approximate surface area is 110 Å². The van der Waals surface area contributed by atoms with Gasteiger partial charge in [0.25, 0.3) is 0 Å². The average Bonchev–Trinajstić information content (AvgIpc) is 2.47. The van der Waals surface area contributed by atoms with Gasteiger partial charge in [-0.15, -0.1) is 0 Å². The Morgan fingerprint density at radius 1 is 0.737 bits per heavy atom. The highest BCUT2D eigenvalue weighted by Crippen LogP contribution is 2.28. The van der Waals surface area contributed by atoms with Crippen molar-refractivity contribution in [1.82, 2.24) is 9.97 Å². The maximum Gasteiger partial charge on any atom is 0.0974 e. The van der Waals surface area contributed by atoms with E-state index in [-0.39, 0.29) is 0 Å². The standard InChI is InChI=1S/C17H12N2/c1-11-13-7-4-5-9-15(13)16-17(19-11)14-8-3-2-6-12(14)10-18-16/h2-10H,1H3. The van der Waals surface area contributed by atoms with Gasteiger partial charge in [-0.3, -0.25) is 9.97 Å². The zero-order chi connectivity index (χ0) is 12.8. The molecule has 19 heavy (non-hydrogen) atoms. The Morgan fingerprint density at radius 2 is 1.42 bits per heavy atom. The van der Waals surface area contributed by atoms with E-state index < -0.39 is 0 Å². The summed E-state index contributed by atoms with van der Waals surface area (Å²) in [4.78, 5) is 9.39. The molecule has 0 radical (unpaired) electrons. The van der Waals surface area contributed by atoms with Crippen molar-refractivity contribution in [2.75, 3.05) is 0 Å². The lowest BCUT2D eigenvalue weighted by molar-refractivity contribution is 1.28. The number of nitrogens with zero attached hydrogens (tertiary/aromatic N) is 2. The Balaban J connectivity index is 2.34. The minimum Gasteiger partial charge on any atom is -0.253 e. The molecule has 2 aromatic heterocycles. The zero-order valence-corrected chi connectivity index (χ0v) is 10.6. The van der Waals surface area contributed by atoms with Gasteiger partial charge >= 0.3 is 0 Å². The molecular formula is C17H12N2. The number of pyridine rings is 2. The predicted molar refractivity (Wildman–Crippen MR) is 79.3 cm³/mol. The van der Waals surface area contributed by atoms with Crippen LogP contribution in [0.2, 0.25) is 0 Å². The van der Waals surface area contributed by atoms with Crippen molar-refractivity contribution < 1.29 is 0 Å². The van der Waals surface area contributed by atoms with Gasteiger partial charge in [-0.05, 0) is 6.92 Å². The first kappa shape index (κ1) is 10.4. The molecule has 0 spiro atoms. The summed E-state index contributed by atoms with van der Waals surface area (Å²) in [6.07, 6.45) is 1.93. The van der Waals surface area contributed by atoms with Crippen molar-refractivity contribution in [3.05, 3.63) is 60.4 Å². The van der Waals surface area contributed by atoms with E-state index >= 15 is 0 Å². The first-order valence-electron chi connectivity index (χ1n) is 6.37. The summed E-state index contributed by atoms with van der Waals surface area (Å²) in [6, 6.07) is 16.6. The molecule has 0 unspecified atom stereocenters. The van der Waals surface area contributed by atoms with Crippen LogP contribution in [-0.2, 0) is 0 Å². The highest BCUT2D eigenvalue weighted by molar-refractivity contribution is 6.13. The van der Waals surface area contributed by atoms with Crippen LogP contribution in [0.25, 0.3) is 32.6 Å². The SMILES string of the molecule is Cc1nc2c3ccccc3cnc2c2ccccc12. The van der Waals surface area contributed by atoms with Crippen molar-refractivity contribution in [3.8, 4) is 0 Å². The van der Waals surface area contributed by atoms with Crippen LogP contribution in [0.15, 0.2) is 54.7 Å². The fourth-order valence-corrected chi connectivity index (χ4v) is 2.69. The molecule has 0 aliphatic rings. The van der Waals surface area contributed by atoms with Gasteiger partial charge < -0.3 is 0 Å². The zero-order valence-electron chi connectivity index (χ0n) is 10.6. The predicted octanol–water partition coefficient (Wildman–Crippen LogP) is 4.24. The molecule has 0 bridgehead atoms. The van der Waals surface area contributed by atoms with Crippen LogP contribution in [0.3, 0.4) is 0 Å². The van der Waals surface area contributed by atoms with Gasteiger partial charge in [0.2, 0.25) is 0 Å². The minimum absolute atomic E-state index is 0.986. The smallest absolute Gasteiger partial charge is 0.0974 e. The molecule has 0 N–H and O–H groups in total. The molecule has 90 valence electrons. The lowest BCUT2D eigenvalue weighted by Crippen LogP contribution is -1.91. The fourth-order valence-electron chi connectivity index (χ4n) is 2.69. The molecule has 0 atom stereocenters. The van der Waals surface area contributed by atoms with Crippen molar-refractivity contribution in [2.45, 2.75) is 6.92 Å². The Bertz CT molecular complexity index is 926. The highest BCUT2D eigenvalue weighted by Gasteiger charge is 2.08. The largest absolute Gasteiger partial charge is 0.253 e. The second kappa shape index (κ2) is 3.75. The lowest BCUT2D eigenvalue weighted by Gasteiger charge is -2.08. The van der Waals surface area contributed by atoms with Crippen molar-refractivity contribution in [2.24, 2.45) is 0 Å². The Kier molecular flexibility index (Phi) is 2.06. The van der Waals surface area contributed by atoms with E-state index in [2.05, 4.69) is 42.2 Å². The maximum absolute atomic E-state index is 4.77. The van der Waals surface area contributed by atoms with Gasteiger partial charge in [-0.2, -0.15) is 0 Å². The van der Waals surface area contributed by atoms with E-state index in [4.69, 9.17) is 4.98 Å². The number of rotatable bonds is 0. The summed E-state index contributed by atoms with van der Waals surface area (Å²) in [5.41, 5.74) is 3.04. The van der Waals surface area contributed by atoms with Crippen LogP contribution in [-0.4, -0.2) is 9.97 Å². The normalized spacial score (nSPS) is 11.4. The van der Waals surface area contributed by atoms with Gasteiger partial charge in [0.15, 0.2) is 0 Å². The van der Waals surface area contributed by atoms with Crippen LogP contribution in [0, 0.1) is 6.92 Å². The highest BCUT2D eigenvalue weighted by atomic mass is 14.8. The number of hydrogen-bond acceptors (Lipinski definition) is 2. The van der Waals surface area contributed by atoms with Crippen molar-refractivity contribution in [3.63, 3.8) is 0 Å². The summed E-state index contributed by atoms with van der Waals surface area (Å²) >= 11 is 0. The fraction of sp³-hybridized carbons (Fsp3) is 0.0588. The second-order valence-electron chi connectivity index (χ2n) is 4.79. The quantitative estimate of drug-likeness (QED) is 0.432. The molecule has 4 aromatic rings. The Morgan fingerprint density at radius 3 is 2.26 bits per heavy atom. The van der Waals surface area contributed by atoms with E-state index in [1.165, 1.54) is 16.2 Å². The van der Waals surface area contributed by atoms with E-state index in [0.717, 1.165) is 22.1 Å². The average molecular weight is 244 g/mol. The summed E-state index contributed by atoms with van der Waals surface area (Å²) < 4.78 is 0. The first-order valence-corrected chi connectivity index (χ1v) is 6.37. The molecule has 0 amide bonds. The lowest BCUT2D eigenvalue weighted by atomic mass is 10.0. The summed E-state index contributed by atoms with van der Waals surface area (Å²) in [5.74, 6) is 0. The summed E-state index contributed by atoms with van der Waals surface area (Å²) in [6.45, 7) is 2.06. The molecule has 0 saturated heterocycles. The molecule has 2 heteroatoms. The van der Waals surface area contributed by atoms with Gasteiger partial charge in [0.1, 0.15) is 0 Å². The monoisotopic (exact) mass is 244 g/mol. The first-order chi connectivity index (χ1) is 9.34. The van der Waals surface area contributed by atoms with Gasteiger partial charge in [0.05, 0.1) is 11.0 Å². The number of hydrogen-bond donors (Lipinski definition) is 0. The van der Waals surface area contributed by atoms with Gasteiger partial charge in [-0.25, -0.2) is 0 Å². The topological polar surface area (TPSA) is 25.8 Å². The summed E-state index contributed by atoms with van der Waals surface area (Å²) in [5, 5.41) is 4.66. The van der Waals surface area contributed by atoms with Gasteiger partial charge in [-0.1, -0.05) is 48.5 Å². The van der Waals surface area contributed by atoms with E-state index in [0.29, 0.717) is 0 Å². The van der Waals surface area contributed by atoms with E-state index in [1.54, 1.807) is 0 Å². The number of fused-ring (bicyclic) bond motifs is 5. The third-order valence-corrected chi connectivity index (χ3v) is 3.62. The van der Waals surface area contributed by atoms with Crippen LogP contribution in [0.4, 0.5) is 0 Å². The summed E-state index contributed by atoms with van der Waals surface area (Å²) in [7, 11) is 0. The minimum atomic E-state index is 0.986. The molecular weight excluding hydrogens is 232 g/mol. The number of aryl methyl sites for hydroxylation is 1. The second-order valence-corrected chi connectivity index (χ2v) is 4.79. The molecule has 0 aliphatic heterocycles. The maximum atomic E-state index is 4.77.